The van der Waals surface area contributed by atoms with Crippen LogP contribution in [0.2, 0.25) is 0 Å². The molecule has 14 heteroatoms. The second-order valence-corrected chi connectivity index (χ2v) is 21.0. The molecule has 0 aromatic carbocycles. The number of ether oxygens (including phenoxy) is 5. The van der Waals surface area contributed by atoms with Crippen molar-refractivity contribution >= 4 is 0 Å². The number of fused-ring (bicyclic) bond motifs is 7. The summed E-state index contributed by atoms with van der Waals surface area (Å²) < 4.78 is 30.6. The maximum absolute atomic E-state index is 12.1. The second kappa shape index (κ2) is 15.2. The van der Waals surface area contributed by atoms with Crippen molar-refractivity contribution in [1.29, 1.82) is 0 Å². The van der Waals surface area contributed by atoms with Gasteiger partial charge in [0.15, 0.2) is 12.6 Å². The molecule has 6 fully saturated rings. The molecule has 2 heterocycles. The van der Waals surface area contributed by atoms with Gasteiger partial charge in [-0.15, -0.1) is 0 Å². The van der Waals surface area contributed by atoms with E-state index in [0.29, 0.717) is 12.8 Å². The fraction of sp³-hybridized carbons (Fsp3) is 0.953. The fourth-order valence-electron chi connectivity index (χ4n) is 14.0. The summed E-state index contributed by atoms with van der Waals surface area (Å²) in [4.78, 5) is 0. The van der Waals surface area contributed by atoms with Gasteiger partial charge in [-0.05, 0) is 91.8 Å². The smallest absolute Gasteiger partial charge is 0.187 e. The zero-order chi connectivity index (χ0) is 41.8. The molecule has 328 valence electrons. The molecule has 3 unspecified atom stereocenters. The van der Waals surface area contributed by atoms with Crippen molar-refractivity contribution in [2.24, 2.45) is 50.2 Å². The lowest BCUT2D eigenvalue weighted by atomic mass is 9.32. The maximum Gasteiger partial charge on any atom is 0.187 e. The van der Waals surface area contributed by atoms with Crippen LogP contribution in [0.1, 0.15) is 99.8 Å². The van der Waals surface area contributed by atoms with Crippen molar-refractivity contribution in [1.82, 2.24) is 0 Å². The van der Waals surface area contributed by atoms with Gasteiger partial charge in [0.05, 0.1) is 44.2 Å². The summed E-state index contributed by atoms with van der Waals surface area (Å²) in [6, 6.07) is 0. The number of rotatable bonds is 8. The number of hydrogen-bond acceptors (Lipinski definition) is 14. The van der Waals surface area contributed by atoms with E-state index in [4.69, 9.17) is 23.7 Å². The summed E-state index contributed by atoms with van der Waals surface area (Å²) in [6.07, 6.45) is -7.49. The number of allylic oxidation sites excluding steroid dienone is 1. The molecule has 2 saturated heterocycles. The minimum atomic E-state index is -1.74. The normalized spacial score (nSPS) is 56.1. The second-order valence-electron chi connectivity index (χ2n) is 21.0. The Morgan fingerprint density at radius 1 is 0.737 bits per heavy atom. The van der Waals surface area contributed by atoms with E-state index in [9.17, 15) is 46.0 Å². The number of hydrogen-bond donors (Lipinski definition) is 9. The van der Waals surface area contributed by atoms with Crippen molar-refractivity contribution in [3.63, 3.8) is 0 Å². The standard InChI is InChI=1S/C43H72O14/c1-21-29(48)34(57-36-32(51)31(50)30(49)25(18-44)55-36)33(52)37(54-21)56-28-10-11-39(4)26(40(28,5)19-45)9-12-41(6)35(39)24(53-8)15-22-23-16-38(2,3)13-14-43(23,20-46)27(47)17-42(22,41)7/h15,21,23-37,44-52H,9-14,16-20H2,1-8H3/t21-,23?,24-,25-,26?,27-,28+,29+,30-,31+,32-,33-,34+,35?,36+,37+,39+,40+,41-,42-,43-/m0/s1. The molecule has 57 heavy (non-hydrogen) atoms. The van der Waals surface area contributed by atoms with E-state index in [2.05, 4.69) is 40.7 Å². The highest BCUT2D eigenvalue weighted by Gasteiger charge is 2.72. The van der Waals surface area contributed by atoms with Crippen molar-refractivity contribution in [2.45, 2.75) is 180 Å². The van der Waals surface area contributed by atoms with Gasteiger partial charge in [-0.2, -0.15) is 0 Å². The van der Waals surface area contributed by atoms with Crippen LogP contribution in [-0.4, -0.2) is 153 Å². The molecule has 7 rings (SSSR count). The lowest BCUT2D eigenvalue weighted by Crippen LogP contribution is -2.70. The van der Waals surface area contributed by atoms with Crippen LogP contribution in [0.5, 0.6) is 0 Å². The van der Waals surface area contributed by atoms with E-state index in [1.54, 1.807) is 14.0 Å². The van der Waals surface area contributed by atoms with Crippen molar-refractivity contribution in [3.8, 4) is 0 Å². The van der Waals surface area contributed by atoms with E-state index < -0.39 is 91.1 Å². The van der Waals surface area contributed by atoms with Crippen LogP contribution in [-0.2, 0) is 23.7 Å². The van der Waals surface area contributed by atoms with Gasteiger partial charge in [-0.3, -0.25) is 0 Å². The van der Waals surface area contributed by atoms with E-state index in [1.807, 2.05) is 6.92 Å². The van der Waals surface area contributed by atoms with Crippen LogP contribution in [0, 0.1) is 50.2 Å². The summed E-state index contributed by atoms with van der Waals surface area (Å²) in [5.41, 5.74) is -0.934. The zero-order valence-electron chi connectivity index (χ0n) is 35.2. The van der Waals surface area contributed by atoms with Gasteiger partial charge in [-0.1, -0.05) is 53.2 Å². The third-order valence-corrected chi connectivity index (χ3v) is 17.7. The van der Waals surface area contributed by atoms with Gasteiger partial charge in [0.25, 0.3) is 0 Å². The van der Waals surface area contributed by atoms with Crippen molar-refractivity contribution in [3.05, 3.63) is 11.6 Å². The largest absolute Gasteiger partial charge is 0.396 e. The molecule has 5 aliphatic carbocycles. The molecule has 0 amide bonds. The molecule has 0 aromatic heterocycles. The highest BCUT2D eigenvalue weighted by atomic mass is 16.7. The van der Waals surface area contributed by atoms with Crippen molar-refractivity contribution in [2.75, 3.05) is 26.9 Å². The van der Waals surface area contributed by atoms with Crippen LogP contribution in [0.25, 0.3) is 0 Å². The van der Waals surface area contributed by atoms with Crippen LogP contribution in [0.15, 0.2) is 11.6 Å². The molecule has 9 N–H and O–H groups in total. The monoisotopic (exact) mass is 812 g/mol. The highest BCUT2D eigenvalue weighted by molar-refractivity contribution is 5.37. The number of aliphatic hydroxyl groups is 9. The van der Waals surface area contributed by atoms with Gasteiger partial charge in [0.2, 0.25) is 0 Å². The summed E-state index contributed by atoms with van der Waals surface area (Å²) in [6.45, 7) is 14.4. The SMILES string of the molecule is CO[C@H]1C=C2C3CC(C)(C)CC[C@@]3(CO)[C@@H](O)C[C@]2(C)[C@@]2(C)CCC3[C@@](C)(CC[C@@H](O[C@H]4O[C@@H](C)[C@@H](O)[C@@H](O[C@H]5O[C@@H](CO)[C@H](O)[C@@H](O)[C@@H]5O)[C@@H]4O)[C@]3(C)CO)C12. The van der Waals surface area contributed by atoms with Gasteiger partial charge >= 0.3 is 0 Å². The molecule has 21 atom stereocenters. The molecular formula is C43H72O14. The minimum absolute atomic E-state index is 0.0303. The molecule has 0 bridgehead atoms. The van der Waals surface area contributed by atoms with Crippen LogP contribution < -0.4 is 0 Å². The van der Waals surface area contributed by atoms with Gasteiger partial charge < -0.3 is 69.6 Å². The molecule has 7 aliphatic rings. The first-order chi connectivity index (χ1) is 26.6. The van der Waals surface area contributed by atoms with E-state index in [1.165, 1.54) is 5.57 Å². The Morgan fingerprint density at radius 3 is 2.05 bits per heavy atom. The van der Waals surface area contributed by atoms with Gasteiger partial charge in [0, 0.05) is 23.9 Å². The predicted octanol–water partition coefficient (Wildman–Crippen LogP) is 1.39. The number of aliphatic hydroxyl groups excluding tert-OH is 9. The first-order valence-electron chi connectivity index (χ1n) is 21.4. The predicted molar refractivity (Wildman–Crippen MR) is 205 cm³/mol. The first-order valence-corrected chi connectivity index (χ1v) is 21.4. The molecule has 14 nitrogen and oxygen atoms in total. The zero-order valence-corrected chi connectivity index (χ0v) is 35.2. The average Bonchev–Trinajstić information content (AvgIpc) is 3.16. The molecule has 4 saturated carbocycles. The third kappa shape index (κ3) is 6.48. The summed E-state index contributed by atoms with van der Waals surface area (Å²) in [7, 11) is 1.78. The minimum Gasteiger partial charge on any atom is -0.396 e. The summed E-state index contributed by atoms with van der Waals surface area (Å²) in [5.74, 6) is 0.0264. The summed E-state index contributed by atoms with van der Waals surface area (Å²) in [5, 5.41) is 98.1. The quantitative estimate of drug-likeness (QED) is 0.125. The third-order valence-electron chi connectivity index (χ3n) is 17.7. The van der Waals surface area contributed by atoms with E-state index >= 15 is 0 Å². The molecule has 0 spiro atoms. The fourth-order valence-corrected chi connectivity index (χ4v) is 14.0. The Balaban J connectivity index is 1.17. The Labute approximate surface area is 337 Å². The average molecular weight is 813 g/mol. The van der Waals surface area contributed by atoms with Gasteiger partial charge in [-0.25, -0.2) is 0 Å². The molecule has 0 radical (unpaired) electrons. The van der Waals surface area contributed by atoms with Gasteiger partial charge in [0.1, 0.15) is 42.7 Å². The van der Waals surface area contributed by atoms with Crippen LogP contribution in [0.3, 0.4) is 0 Å². The Morgan fingerprint density at radius 2 is 1.42 bits per heavy atom. The Hall–Kier alpha value is -0.820. The molecule has 2 aliphatic heterocycles. The molecule has 0 aromatic rings. The van der Waals surface area contributed by atoms with E-state index in [-0.39, 0.29) is 58.7 Å². The Bertz CT molecular complexity index is 1490. The topological polar surface area (TPSA) is 228 Å². The highest BCUT2D eigenvalue weighted by Crippen LogP contribution is 2.76. The maximum atomic E-state index is 12.1. The number of methoxy groups -OCH3 is 1. The molecular weight excluding hydrogens is 740 g/mol. The van der Waals surface area contributed by atoms with Crippen molar-refractivity contribution < 1.29 is 69.6 Å². The lowest BCUT2D eigenvalue weighted by Gasteiger charge is -2.73. The Kier molecular flexibility index (Phi) is 11.8. The van der Waals surface area contributed by atoms with Crippen LogP contribution >= 0.6 is 0 Å². The van der Waals surface area contributed by atoms with E-state index in [0.717, 1.165) is 38.5 Å². The van der Waals surface area contributed by atoms with Crippen LogP contribution in [0.4, 0.5) is 0 Å². The lowest BCUT2D eigenvalue weighted by molar-refractivity contribution is -0.368. The first kappa shape index (κ1) is 44.2. The summed E-state index contributed by atoms with van der Waals surface area (Å²) >= 11 is 0.